The molecule has 3 N–H and O–H groups in total. The Hall–Kier alpha value is -0.0400. The van der Waals surface area contributed by atoms with Crippen LogP contribution in [0.25, 0.3) is 0 Å². The van der Waals surface area contributed by atoms with Crippen molar-refractivity contribution in [3.8, 4) is 0 Å². The van der Waals surface area contributed by atoms with Gasteiger partial charge in [-0.3, -0.25) is 4.99 Å². The number of hydrogen-bond donors (Lipinski definition) is 2. The molecule has 2 atom stereocenters. The van der Waals surface area contributed by atoms with Gasteiger partial charge in [-0.05, 0) is 44.1 Å². The molecule has 0 aromatic rings. The summed E-state index contributed by atoms with van der Waals surface area (Å²) in [6.45, 7) is 9.26. The summed E-state index contributed by atoms with van der Waals surface area (Å²) in [5.41, 5.74) is 5.99. The lowest BCUT2D eigenvalue weighted by molar-refractivity contribution is 0.140. The lowest BCUT2D eigenvalue weighted by atomic mass is 9.92. The van der Waals surface area contributed by atoms with Gasteiger partial charge in [0.1, 0.15) is 0 Å². The minimum atomic E-state index is 0. The van der Waals surface area contributed by atoms with Crippen molar-refractivity contribution >= 4 is 29.9 Å². The first-order valence-corrected chi connectivity index (χ1v) is 8.92. The van der Waals surface area contributed by atoms with Crippen LogP contribution in [0.15, 0.2) is 4.99 Å². The van der Waals surface area contributed by atoms with Gasteiger partial charge in [-0.15, -0.1) is 24.0 Å². The van der Waals surface area contributed by atoms with Crippen LogP contribution in [-0.4, -0.2) is 43.1 Å². The summed E-state index contributed by atoms with van der Waals surface area (Å²) in [7, 11) is 0. The topological polar surface area (TPSA) is 53.6 Å². The normalized spacial score (nSPS) is 28.2. The first-order valence-electron chi connectivity index (χ1n) is 8.92. The molecule has 22 heavy (non-hydrogen) atoms. The number of likely N-dealkylation sites (tertiary alicyclic amines) is 1. The molecule has 1 aliphatic carbocycles. The smallest absolute Gasteiger partial charge is 0.188 e. The van der Waals surface area contributed by atoms with Gasteiger partial charge in [-0.25, -0.2) is 0 Å². The van der Waals surface area contributed by atoms with Crippen LogP contribution in [0.3, 0.4) is 0 Å². The Morgan fingerprint density at radius 2 is 1.77 bits per heavy atom. The zero-order valence-electron chi connectivity index (χ0n) is 14.4. The van der Waals surface area contributed by atoms with Crippen molar-refractivity contribution in [3.05, 3.63) is 0 Å². The minimum Gasteiger partial charge on any atom is -0.370 e. The average Bonchev–Trinajstić information content (AvgIpc) is 2.44. The van der Waals surface area contributed by atoms with E-state index in [-0.39, 0.29) is 24.0 Å². The number of aliphatic imine (C=N–C) groups is 1. The Morgan fingerprint density at radius 3 is 2.41 bits per heavy atom. The van der Waals surface area contributed by atoms with Gasteiger partial charge in [0.15, 0.2) is 5.96 Å². The Labute approximate surface area is 153 Å². The van der Waals surface area contributed by atoms with E-state index in [1.165, 1.54) is 51.6 Å². The summed E-state index contributed by atoms with van der Waals surface area (Å²) >= 11 is 0. The lowest BCUT2D eigenvalue weighted by Gasteiger charge is -2.34. The van der Waals surface area contributed by atoms with Gasteiger partial charge in [-0.2, -0.15) is 0 Å². The second kappa shape index (κ2) is 10.7. The fourth-order valence-corrected chi connectivity index (χ4v) is 3.97. The molecule has 2 aliphatic rings. The summed E-state index contributed by atoms with van der Waals surface area (Å²) < 4.78 is 0. The highest BCUT2D eigenvalue weighted by Gasteiger charge is 2.21. The zero-order valence-corrected chi connectivity index (χ0v) is 16.7. The Kier molecular flexibility index (Phi) is 9.71. The van der Waals surface area contributed by atoms with Crippen molar-refractivity contribution in [2.75, 3.05) is 26.2 Å². The van der Waals surface area contributed by atoms with E-state index < -0.39 is 0 Å². The van der Waals surface area contributed by atoms with Crippen LogP contribution in [0.5, 0.6) is 0 Å². The van der Waals surface area contributed by atoms with Gasteiger partial charge in [0, 0.05) is 25.7 Å². The number of nitrogens with two attached hydrogens (primary N) is 1. The monoisotopic (exact) mass is 422 g/mol. The predicted molar refractivity (Wildman–Crippen MR) is 106 cm³/mol. The van der Waals surface area contributed by atoms with Crippen LogP contribution in [0.4, 0.5) is 0 Å². The van der Waals surface area contributed by atoms with E-state index in [4.69, 9.17) is 5.73 Å². The fraction of sp³-hybridized carbons (Fsp3) is 0.941. The van der Waals surface area contributed by atoms with E-state index in [0.29, 0.717) is 12.0 Å². The highest BCUT2D eigenvalue weighted by molar-refractivity contribution is 14.0. The first-order chi connectivity index (χ1) is 10.1. The van der Waals surface area contributed by atoms with E-state index in [9.17, 15) is 0 Å². The molecule has 2 unspecified atom stereocenters. The molecule has 0 amide bonds. The van der Waals surface area contributed by atoms with E-state index in [1.807, 2.05) is 0 Å². The van der Waals surface area contributed by atoms with Crippen LogP contribution in [0.2, 0.25) is 0 Å². The molecular weight excluding hydrogens is 387 g/mol. The molecule has 0 aromatic heterocycles. The molecule has 1 heterocycles. The molecule has 130 valence electrons. The van der Waals surface area contributed by atoms with Crippen molar-refractivity contribution in [2.24, 2.45) is 22.6 Å². The maximum atomic E-state index is 5.99. The summed E-state index contributed by atoms with van der Waals surface area (Å²) in [6.07, 6.45) is 9.04. The number of guanidine groups is 1. The molecule has 5 heteroatoms. The van der Waals surface area contributed by atoms with Crippen molar-refractivity contribution in [2.45, 2.75) is 64.8 Å². The lowest BCUT2D eigenvalue weighted by Crippen LogP contribution is -2.41. The van der Waals surface area contributed by atoms with Gasteiger partial charge in [0.05, 0.1) is 0 Å². The Bertz CT molecular complexity index is 319. The van der Waals surface area contributed by atoms with Gasteiger partial charge >= 0.3 is 0 Å². The third-order valence-corrected chi connectivity index (χ3v) is 4.82. The number of hydrogen-bond acceptors (Lipinski definition) is 2. The number of nitrogens with zero attached hydrogens (tertiary/aromatic N) is 2. The summed E-state index contributed by atoms with van der Waals surface area (Å²) in [6, 6.07) is 0.561. The Morgan fingerprint density at radius 1 is 1.14 bits per heavy atom. The first kappa shape index (κ1) is 20.0. The van der Waals surface area contributed by atoms with Crippen LogP contribution < -0.4 is 11.1 Å². The number of halogens is 1. The molecular formula is C17H35IN4. The van der Waals surface area contributed by atoms with Gasteiger partial charge in [0.2, 0.25) is 0 Å². The third-order valence-electron chi connectivity index (χ3n) is 4.82. The standard InChI is InChI=1S/C17H34N4.HI/c1-14-11-15(2)13-21(12-14)10-6-9-19-17(18)20-16-7-4-3-5-8-16;/h14-16H,3-13H2,1-2H3,(H3,18,19,20);1H. The molecule has 2 rings (SSSR count). The fourth-order valence-electron chi connectivity index (χ4n) is 3.97. The number of piperidine rings is 1. The van der Waals surface area contributed by atoms with E-state index in [2.05, 4.69) is 29.1 Å². The second-order valence-corrected chi connectivity index (χ2v) is 7.31. The minimum absolute atomic E-state index is 0. The van der Waals surface area contributed by atoms with Crippen molar-refractivity contribution in [3.63, 3.8) is 0 Å². The van der Waals surface area contributed by atoms with Gasteiger partial charge < -0.3 is 16.0 Å². The summed E-state index contributed by atoms with van der Waals surface area (Å²) in [5, 5.41) is 3.39. The Balaban J connectivity index is 0.00000242. The van der Waals surface area contributed by atoms with E-state index in [0.717, 1.165) is 31.3 Å². The summed E-state index contributed by atoms with van der Waals surface area (Å²) in [5.74, 6) is 2.34. The molecule has 1 saturated heterocycles. The van der Waals surface area contributed by atoms with Crippen molar-refractivity contribution < 1.29 is 0 Å². The van der Waals surface area contributed by atoms with Crippen LogP contribution in [0.1, 0.15) is 58.8 Å². The number of rotatable bonds is 5. The van der Waals surface area contributed by atoms with Crippen LogP contribution >= 0.6 is 24.0 Å². The van der Waals surface area contributed by atoms with Crippen LogP contribution in [-0.2, 0) is 0 Å². The average molecular weight is 422 g/mol. The third kappa shape index (κ3) is 7.49. The largest absolute Gasteiger partial charge is 0.370 e. The molecule has 1 aliphatic heterocycles. The van der Waals surface area contributed by atoms with Crippen LogP contribution in [0, 0.1) is 11.8 Å². The maximum Gasteiger partial charge on any atom is 0.188 e. The quantitative estimate of drug-likeness (QED) is 0.310. The molecule has 0 spiro atoms. The van der Waals surface area contributed by atoms with Crippen molar-refractivity contribution in [1.29, 1.82) is 0 Å². The molecule has 0 bridgehead atoms. The zero-order chi connectivity index (χ0) is 15.1. The second-order valence-electron chi connectivity index (χ2n) is 7.31. The maximum absolute atomic E-state index is 5.99. The van der Waals surface area contributed by atoms with E-state index in [1.54, 1.807) is 0 Å². The molecule has 0 aromatic carbocycles. The van der Waals surface area contributed by atoms with E-state index >= 15 is 0 Å². The van der Waals surface area contributed by atoms with Crippen molar-refractivity contribution in [1.82, 2.24) is 10.2 Å². The molecule has 1 saturated carbocycles. The number of nitrogens with one attached hydrogen (secondary N) is 1. The molecule has 4 nitrogen and oxygen atoms in total. The highest BCUT2D eigenvalue weighted by Crippen LogP contribution is 2.20. The van der Waals surface area contributed by atoms with Gasteiger partial charge in [-0.1, -0.05) is 33.1 Å². The summed E-state index contributed by atoms with van der Waals surface area (Å²) in [4.78, 5) is 7.09. The molecule has 0 radical (unpaired) electrons. The highest BCUT2D eigenvalue weighted by atomic mass is 127. The SMILES string of the molecule is CC1CC(C)CN(CCCN=C(N)NC2CCCCC2)C1.I. The predicted octanol–water partition coefficient (Wildman–Crippen LogP) is 3.21. The molecule has 2 fully saturated rings. The van der Waals surface area contributed by atoms with Gasteiger partial charge in [0.25, 0.3) is 0 Å².